The summed E-state index contributed by atoms with van der Waals surface area (Å²) in [6, 6.07) is 10.7. The summed E-state index contributed by atoms with van der Waals surface area (Å²) in [5.41, 5.74) is 2.22. The minimum Gasteiger partial charge on any atom is -0.493 e. The minimum atomic E-state index is -0.930. The van der Waals surface area contributed by atoms with Gasteiger partial charge in [0.05, 0.1) is 17.3 Å². The maximum atomic E-state index is 13.0. The third kappa shape index (κ3) is 5.01. The van der Waals surface area contributed by atoms with Gasteiger partial charge < -0.3 is 14.2 Å². The minimum absolute atomic E-state index is 0.222. The van der Waals surface area contributed by atoms with Crippen molar-refractivity contribution in [3.63, 3.8) is 0 Å². The van der Waals surface area contributed by atoms with E-state index in [1.807, 2.05) is 24.3 Å². The normalized spacial score (nSPS) is 14.2. The van der Waals surface area contributed by atoms with Crippen LogP contribution in [0.25, 0.3) is 11.3 Å². The van der Waals surface area contributed by atoms with E-state index < -0.39 is 12.2 Å². The van der Waals surface area contributed by atoms with E-state index in [2.05, 4.69) is 37.7 Å². The standard InChI is InChI=1S/C24H21BrN4O5S/c1-5-10-35-24-26-22-20(27-28-24)16-8-6-7-9-18(16)29(13(2)30)23(34-22)15-11-17(25)21(33-14(3)31)19(12-15)32-4/h5-9,11-12,23H,1,10H2,2-4H3/t23-/m1/s1. The zero-order valence-electron chi connectivity index (χ0n) is 19.1. The lowest BCUT2D eigenvalue weighted by atomic mass is 10.1. The Morgan fingerprint density at radius 1 is 1.26 bits per heavy atom. The lowest BCUT2D eigenvalue weighted by Gasteiger charge is -2.30. The van der Waals surface area contributed by atoms with Crippen LogP contribution in [0.4, 0.5) is 5.69 Å². The van der Waals surface area contributed by atoms with E-state index in [1.54, 1.807) is 18.2 Å². The molecule has 180 valence electrons. The van der Waals surface area contributed by atoms with Crippen molar-refractivity contribution >= 4 is 45.3 Å². The van der Waals surface area contributed by atoms with Gasteiger partial charge in [0.15, 0.2) is 17.2 Å². The molecule has 0 saturated heterocycles. The SMILES string of the molecule is C=CCSc1nnc2c(n1)O[C@H](c1cc(Br)c(OC(C)=O)c(OC)c1)N(C(C)=O)c1ccccc1-2. The van der Waals surface area contributed by atoms with Gasteiger partial charge in [0, 0.05) is 30.7 Å². The van der Waals surface area contributed by atoms with Crippen LogP contribution < -0.4 is 19.1 Å². The molecule has 2 aromatic carbocycles. The Bertz CT molecular complexity index is 1320. The van der Waals surface area contributed by atoms with Gasteiger partial charge in [-0.05, 0) is 34.1 Å². The monoisotopic (exact) mass is 556 g/mol. The maximum Gasteiger partial charge on any atom is 0.308 e. The predicted octanol–water partition coefficient (Wildman–Crippen LogP) is 4.96. The summed E-state index contributed by atoms with van der Waals surface area (Å²) in [5.74, 6) is 0.581. The molecule has 1 amide bonds. The summed E-state index contributed by atoms with van der Waals surface area (Å²) in [5, 5.41) is 9.00. The van der Waals surface area contributed by atoms with Crippen LogP contribution in [0.3, 0.4) is 0 Å². The Morgan fingerprint density at radius 3 is 2.71 bits per heavy atom. The molecule has 0 saturated carbocycles. The van der Waals surface area contributed by atoms with E-state index >= 15 is 0 Å². The molecule has 1 aliphatic rings. The number of para-hydroxylation sites is 1. The Hall–Kier alpha value is -3.44. The molecule has 0 radical (unpaired) electrons. The third-order valence-electron chi connectivity index (χ3n) is 4.96. The Kier molecular flexibility index (Phi) is 7.37. The van der Waals surface area contributed by atoms with Crippen molar-refractivity contribution in [1.82, 2.24) is 15.2 Å². The first-order chi connectivity index (χ1) is 16.8. The zero-order valence-corrected chi connectivity index (χ0v) is 21.6. The number of amides is 1. The van der Waals surface area contributed by atoms with Crippen molar-refractivity contribution in [1.29, 1.82) is 0 Å². The lowest BCUT2D eigenvalue weighted by molar-refractivity contribution is -0.132. The molecule has 9 nitrogen and oxygen atoms in total. The molecule has 1 aliphatic heterocycles. The average Bonchev–Trinajstić information content (AvgIpc) is 2.98. The van der Waals surface area contributed by atoms with Crippen LogP contribution in [0.2, 0.25) is 0 Å². The fourth-order valence-electron chi connectivity index (χ4n) is 3.59. The van der Waals surface area contributed by atoms with Crippen LogP contribution in [-0.2, 0) is 9.59 Å². The molecule has 0 bridgehead atoms. The fraction of sp³-hybridized carbons (Fsp3) is 0.208. The number of fused-ring (bicyclic) bond motifs is 3. The highest BCUT2D eigenvalue weighted by molar-refractivity contribution is 9.10. The second-order valence-electron chi connectivity index (χ2n) is 7.35. The topological polar surface area (TPSA) is 104 Å². The number of carbonyl (C=O) groups excluding carboxylic acids is 2. The van der Waals surface area contributed by atoms with Gasteiger partial charge in [-0.3, -0.25) is 14.5 Å². The van der Waals surface area contributed by atoms with E-state index in [9.17, 15) is 9.59 Å². The van der Waals surface area contributed by atoms with E-state index in [0.717, 1.165) is 0 Å². The maximum absolute atomic E-state index is 13.0. The molecule has 35 heavy (non-hydrogen) atoms. The molecule has 0 spiro atoms. The average molecular weight is 557 g/mol. The number of benzene rings is 2. The molecule has 2 heterocycles. The highest BCUT2D eigenvalue weighted by atomic mass is 79.9. The predicted molar refractivity (Wildman–Crippen MR) is 135 cm³/mol. The number of hydrogen-bond acceptors (Lipinski definition) is 9. The van der Waals surface area contributed by atoms with Crippen molar-refractivity contribution in [2.45, 2.75) is 25.2 Å². The third-order valence-corrected chi connectivity index (χ3v) is 6.39. The van der Waals surface area contributed by atoms with Crippen LogP contribution in [0.5, 0.6) is 17.4 Å². The summed E-state index contributed by atoms with van der Waals surface area (Å²) in [6.45, 7) is 6.47. The van der Waals surface area contributed by atoms with Gasteiger partial charge in [0.25, 0.3) is 0 Å². The van der Waals surface area contributed by atoms with E-state index in [0.29, 0.717) is 37.9 Å². The number of carbonyl (C=O) groups is 2. The molecule has 1 aromatic heterocycles. The Balaban J connectivity index is 1.92. The van der Waals surface area contributed by atoms with Crippen LogP contribution in [-0.4, -0.2) is 39.9 Å². The van der Waals surface area contributed by atoms with Crippen molar-refractivity contribution in [3.05, 3.63) is 59.1 Å². The molecule has 4 rings (SSSR count). The van der Waals surface area contributed by atoms with Crippen molar-refractivity contribution in [2.75, 3.05) is 17.8 Å². The first kappa shape index (κ1) is 24.7. The molecular weight excluding hydrogens is 536 g/mol. The number of methoxy groups -OCH3 is 1. The van der Waals surface area contributed by atoms with Gasteiger partial charge in [-0.25, -0.2) is 0 Å². The molecule has 3 aromatic rings. The van der Waals surface area contributed by atoms with Crippen molar-refractivity contribution in [3.8, 4) is 28.6 Å². The van der Waals surface area contributed by atoms with E-state index in [4.69, 9.17) is 14.2 Å². The number of halogens is 1. The van der Waals surface area contributed by atoms with Crippen LogP contribution in [0, 0.1) is 0 Å². The molecule has 1 atom stereocenters. The molecular formula is C24H21BrN4O5S. The number of ether oxygens (including phenoxy) is 3. The van der Waals surface area contributed by atoms with Gasteiger partial charge >= 0.3 is 5.97 Å². The molecule has 0 fully saturated rings. The van der Waals surface area contributed by atoms with Gasteiger partial charge in [-0.15, -0.1) is 16.8 Å². The number of nitrogens with zero attached hydrogens (tertiary/aromatic N) is 4. The Morgan fingerprint density at radius 2 is 2.03 bits per heavy atom. The number of rotatable bonds is 6. The second kappa shape index (κ2) is 10.4. The largest absolute Gasteiger partial charge is 0.493 e. The lowest BCUT2D eigenvalue weighted by Crippen LogP contribution is -2.36. The summed E-state index contributed by atoms with van der Waals surface area (Å²) in [6.07, 6.45) is 0.811. The quantitative estimate of drug-likeness (QED) is 0.180. The molecule has 0 aliphatic carbocycles. The number of thioether (sulfide) groups is 1. The Labute approximate surface area is 214 Å². The van der Waals surface area contributed by atoms with Gasteiger partial charge in [0.2, 0.25) is 23.2 Å². The highest BCUT2D eigenvalue weighted by Crippen LogP contribution is 2.46. The number of hydrogen-bond donors (Lipinski definition) is 0. The molecule has 11 heteroatoms. The molecule has 0 N–H and O–H groups in total. The van der Waals surface area contributed by atoms with Crippen molar-refractivity contribution in [2.24, 2.45) is 0 Å². The summed E-state index contributed by atoms with van der Waals surface area (Å²) < 4.78 is 17.6. The number of aromatic nitrogens is 3. The highest BCUT2D eigenvalue weighted by Gasteiger charge is 2.35. The van der Waals surface area contributed by atoms with Crippen LogP contribution in [0.15, 0.2) is 58.7 Å². The summed E-state index contributed by atoms with van der Waals surface area (Å²) >= 11 is 4.81. The van der Waals surface area contributed by atoms with Crippen LogP contribution >= 0.6 is 27.7 Å². The second-order valence-corrected chi connectivity index (χ2v) is 9.19. The number of anilines is 1. The van der Waals surface area contributed by atoms with Gasteiger partial charge in [-0.2, -0.15) is 4.98 Å². The summed E-state index contributed by atoms with van der Waals surface area (Å²) in [7, 11) is 1.46. The first-order valence-corrected chi connectivity index (χ1v) is 12.2. The van der Waals surface area contributed by atoms with E-state index in [-0.39, 0.29) is 23.3 Å². The first-order valence-electron chi connectivity index (χ1n) is 10.4. The van der Waals surface area contributed by atoms with Gasteiger partial charge in [0.1, 0.15) is 0 Å². The van der Waals surface area contributed by atoms with Crippen molar-refractivity contribution < 1.29 is 23.8 Å². The number of esters is 1. The van der Waals surface area contributed by atoms with E-state index in [1.165, 1.54) is 37.6 Å². The fourth-order valence-corrected chi connectivity index (χ4v) is 4.64. The van der Waals surface area contributed by atoms with Crippen LogP contribution in [0.1, 0.15) is 25.6 Å². The summed E-state index contributed by atoms with van der Waals surface area (Å²) in [4.78, 5) is 30.6. The molecule has 0 unspecified atom stereocenters. The van der Waals surface area contributed by atoms with Gasteiger partial charge in [-0.1, -0.05) is 36.0 Å². The zero-order chi connectivity index (χ0) is 25.1. The smallest absolute Gasteiger partial charge is 0.308 e.